The Morgan fingerprint density at radius 3 is 0.720 bits per heavy atom. The van der Waals surface area contributed by atoms with E-state index in [4.69, 9.17) is 37.9 Å². The highest BCUT2D eigenvalue weighted by atomic mass is 16.6. The Kier molecular flexibility index (Phi) is 21.0. The summed E-state index contributed by atoms with van der Waals surface area (Å²) in [5, 5.41) is 0. The molecular weight excluding hydrogens is 664 g/mol. The van der Waals surface area contributed by atoms with Gasteiger partial charge in [-0.05, 0) is 0 Å². The second-order valence-corrected chi connectivity index (χ2v) is 9.90. The van der Waals surface area contributed by atoms with Crippen molar-refractivity contribution < 1.29 is 76.3 Å². The zero-order valence-corrected chi connectivity index (χ0v) is 27.3. The van der Waals surface area contributed by atoms with Gasteiger partial charge in [-0.1, -0.05) is 51.3 Å². The monoisotopic (exact) mass is 702 g/mol. The summed E-state index contributed by atoms with van der Waals surface area (Å²) in [6, 6.07) is 0. The molecule has 16 nitrogen and oxygen atoms in total. The Morgan fingerprint density at radius 2 is 0.540 bits per heavy atom. The molecule has 0 unspecified atom stereocenters. The van der Waals surface area contributed by atoms with Crippen LogP contribution in [0.15, 0.2) is 75.9 Å². The van der Waals surface area contributed by atoms with Gasteiger partial charge in [-0.2, -0.15) is 0 Å². The lowest BCUT2D eigenvalue weighted by molar-refractivity contribution is -0.168. The lowest BCUT2D eigenvalue weighted by atomic mass is 9.92. The number of carbonyl (C=O) groups is 8. The van der Waals surface area contributed by atoms with Crippen LogP contribution in [0.5, 0.6) is 0 Å². The molecule has 0 aliphatic heterocycles. The molecular formula is C34H38O16. The van der Waals surface area contributed by atoms with E-state index in [1.54, 1.807) is 0 Å². The fourth-order valence-electron chi connectivity index (χ4n) is 3.04. The van der Waals surface area contributed by atoms with Crippen molar-refractivity contribution in [1.29, 1.82) is 0 Å². The first-order valence-corrected chi connectivity index (χ1v) is 14.2. The lowest BCUT2D eigenvalue weighted by Gasteiger charge is -2.31. The van der Waals surface area contributed by atoms with Crippen molar-refractivity contribution in [1.82, 2.24) is 0 Å². The summed E-state index contributed by atoms with van der Waals surface area (Å²) in [6.45, 7) is 15.3. The van der Waals surface area contributed by atoms with Crippen molar-refractivity contribution in [3.8, 4) is 11.8 Å². The van der Waals surface area contributed by atoms with Crippen LogP contribution < -0.4 is 0 Å². The first kappa shape index (κ1) is 43.8. The zero-order valence-electron chi connectivity index (χ0n) is 27.3. The van der Waals surface area contributed by atoms with E-state index in [1.807, 2.05) is 0 Å². The van der Waals surface area contributed by atoms with Crippen molar-refractivity contribution in [3.63, 3.8) is 0 Å². The second kappa shape index (κ2) is 24.0. The first-order chi connectivity index (χ1) is 23.7. The van der Waals surface area contributed by atoms with Crippen molar-refractivity contribution in [3.05, 3.63) is 75.9 Å². The first-order valence-electron chi connectivity index (χ1n) is 14.2. The van der Waals surface area contributed by atoms with Gasteiger partial charge in [0.1, 0.15) is 76.5 Å². The Balaban J connectivity index is 5.64. The average Bonchev–Trinajstić information content (AvgIpc) is 3.13. The lowest BCUT2D eigenvalue weighted by Crippen LogP contribution is -2.43. The Morgan fingerprint density at radius 1 is 0.360 bits per heavy atom. The largest absolute Gasteiger partial charge is 0.464 e. The van der Waals surface area contributed by atoms with Crippen LogP contribution in [0, 0.1) is 22.7 Å². The van der Waals surface area contributed by atoms with Crippen LogP contribution in [-0.2, 0) is 76.3 Å². The van der Waals surface area contributed by atoms with E-state index in [1.165, 1.54) is 0 Å². The van der Waals surface area contributed by atoms with Gasteiger partial charge in [0.25, 0.3) is 0 Å². The highest BCUT2D eigenvalue weighted by Crippen LogP contribution is 2.23. The minimum Gasteiger partial charge on any atom is -0.464 e. The molecule has 0 aliphatic carbocycles. The van der Waals surface area contributed by atoms with Crippen molar-refractivity contribution in [2.24, 2.45) is 10.8 Å². The molecule has 0 heterocycles. The Labute approximate surface area is 288 Å². The van der Waals surface area contributed by atoms with Crippen molar-refractivity contribution in [2.45, 2.75) is 12.8 Å². The topological polar surface area (TPSA) is 210 Å². The SMILES string of the molecule is C=CC(=O)OCC(COC(=O)C=C)(COC(=O)C=C)COC(=O)CC#CCC(=O)OCC(COC(=O)C=C)(COC(=O)C=C)COC(=O)C=C. The van der Waals surface area contributed by atoms with Gasteiger partial charge in [-0.15, -0.1) is 0 Å². The number of esters is 8. The molecule has 0 aromatic carbocycles. The molecule has 0 saturated carbocycles. The van der Waals surface area contributed by atoms with Gasteiger partial charge in [0.15, 0.2) is 0 Å². The summed E-state index contributed by atoms with van der Waals surface area (Å²) < 4.78 is 40.7. The predicted octanol–water partition coefficient (Wildman–Crippen LogP) is 1.20. The molecule has 0 radical (unpaired) electrons. The third-order valence-electron chi connectivity index (χ3n) is 5.79. The summed E-state index contributed by atoms with van der Waals surface area (Å²) in [6.07, 6.45) is 4.04. The normalized spacial score (nSPS) is 10.2. The zero-order chi connectivity index (χ0) is 38.0. The fourth-order valence-corrected chi connectivity index (χ4v) is 3.04. The van der Waals surface area contributed by atoms with Gasteiger partial charge < -0.3 is 37.9 Å². The molecule has 0 aromatic rings. The molecule has 0 aromatic heterocycles. The summed E-state index contributed by atoms with van der Waals surface area (Å²) in [4.78, 5) is 95.2. The summed E-state index contributed by atoms with van der Waals surface area (Å²) in [5.41, 5.74) is -3.12. The van der Waals surface area contributed by atoms with E-state index >= 15 is 0 Å². The van der Waals surface area contributed by atoms with Gasteiger partial charge in [0.05, 0.1) is 0 Å². The van der Waals surface area contributed by atoms with Crippen LogP contribution in [0.1, 0.15) is 12.8 Å². The van der Waals surface area contributed by atoms with E-state index < -0.39 is 124 Å². The molecule has 16 heteroatoms. The molecule has 0 fully saturated rings. The average molecular weight is 703 g/mol. The minimum absolute atomic E-state index is 0.536. The van der Waals surface area contributed by atoms with E-state index in [9.17, 15) is 38.4 Å². The third kappa shape index (κ3) is 18.8. The Bertz CT molecular complexity index is 1170. The van der Waals surface area contributed by atoms with Crippen molar-refractivity contribution >= 4 is 47.8 Å². The van der Waals surface area contributed by atoms with E-state index in [0.29, 0.717) is 0 Å². The van der Waals surface area contributed by atoms with E-state index in [2.05, 4.69) is 51.3 Å². The van der Waals surface area contributed by atoms with Crippen LogP contribution in [0.3, 0.4) is 0 Å². The molecule has 270 valence electrons. The molecule has 0 spiro atoms. The van der Waals surface area contributed by atoms with Crippen molar-refractivity contribution in [2.75, 3.05) is 52.9 Å². The third-order valence-corrected chi connectivity index (χ3v) is 5.79. The summed E-state index contributed by atoms with van der Waals surface area (Å²) >= 11 is 0. The highest BCUT2D eigenvalue weighted by Gasteiger charge is 2.38. The van der Waals surface area contributed by atoms with E-state index in [-0.39, 0.29) is 0 Å². The number of rotatable bonds is 24. The number of hydrogen-bond donors (Lipinski definition) is 0. The fraction of sp³-hybridized carbons (Fsp3) is 0.353. The Hall–Kier alpha value is -6.24. The van der Waals surface area contributed by atoms with Crippen LogP contribution in [-0.4, -0.2) is 101 Å². The smallest absolute Gasteiger partial charge is 0.330 e. The van der Waals surface area contributed by atoms with Gasteiger partial charge in [0, 0.05) is 36.5 Å². The molecule has 50 heavy (non-hydrogen) atoms. The number of carbonyl (C=O) groups excluding carboxylic acids is 8. The molecule has 0 atom stereocenters. The van der Waals surface area contributed by atoms with Crippen LogP contribution in [0.2, 0.25) is 0 Å². The number of hydrogen-bond acceptors (Lipinski definition) is 16. The van der Waals surface area contributed by atoms with Crippen LogP contribution >= 0.6 is 0 Å². The van der Waals surface area contributed by atoms with Gasteiger partial charge in [-0.25, -0.2) is 28.8 Å². The standard InChI is InChI=1S/C34H38O16/c1-7-25(35)43-17-33(18-44-26(36)8-2,19-45-27(37)9-3)23-49-31(41)15-13-14-16-32(42)50-24-34(20-46-28(38)10-4,21-47-29(39)11-5)22-48-30(40)12-6/h7-12H,1-6,15-24H2. The summed E-state index contributed by atoms with van der Waals surface area (Å²) in [7, 11) is 0. The van der Waals surface area contributed by atoms with Gasteiger partial charge >= 0.3 is 47.8 Å². The number of ether oxygens (including phenoxy) is 8. The molecule has 0 N–H and O–H groups in total. The maximum atomic E-state index is 12.5. The van der Waals surface area contributed by atoms with Gasteiger partial charge in [0.2, 0.25) is 0 Å². The molecule has 0 aliphatic rings. The maximum Gasteiger partial charge on any atom is 0.330 e. The molecule has 0 amide bonds. The predicted molar refractivity (Wildman–Crippen MR) is 171 cm³/mol. The quantitative estimate of drug-likeness (QED) is 0.0599. The molecule has 0 rings (SSSR count). The second-order valence-electron chi connectivity index (χ2n) is 9.90. The van der Waals surface area contributed by atoms with Crippen LogP contribution in [0.25, 0.3) is 0 Å². The highest BCUT2D eigenvalue weighted by molar-refractivity contribution is 5.83. The van der Waals surface area contributed by atoms with Gasteiger partial charge in [-0.3, -0.25) is 9.59 Å². The van der Waals surface area contributed by atoms with Crippen LogP contribution in [0.4, 0.5) is 0 Å². The molecule has 0 bridgehead atoms. The maximum absolute atomic E-state index is 12.5. The summed E-state index contributed by atoms with van der Waals surface area (Å²) in [5.74, 6) is -2.23. The minimum atomic E-state index is -1.56. The van der Waals surface area contributed by atoms with E-state index in [0.717, 1.165) is 36.5 Å². The molecule has 0 saturated heterocycles.